The van der Waals surface area contributed by atoms with Crippen molar-refractivity contribution in [1.29, 1.82) is 0 Å². The predicted molar refractivity (Wildman–Crippen MR) is 105 cm³/mol. The Morgan fingerprint density at radius 1 is 1.00 bits per heavy atom. The van der Waals surface area contributed by atoms with Crippen LogP contribution in [0.3, 0.4) is 0 Å². The Balaban J connectivity index is 1.75. The maximum Gasteiger partial charge on any atom is 0.261 e. The number of benzene rings is 2. The lowest BCUT2D eigenvalue weighted by Gasteiger charge is -2.17. The number of aryl methyl sites for hydroxylation is 1. The number of hydrogen-bond acceptors (Lipinski definition) is 3. The van der Waals surface area contributed by atoms with E-state index in [1.807, 2.05) is 63.2 Å². The number of carbonyl (C=O) groups is 1. The normalized spacial score (nSPS) is 11.8. The van der Waals surface area contributed by atoms with Gasteiger partial charge in [-0.25, -0.2) is 0 Å². The highest BCUT2D eigenvalue weighted by molar-refractivity contribution is 5.81. The second-order valence-corrected chi connectivity index (χ2v) is 6.54. The van der Waals surface area contributed by atoms with Crippen LogP contribution in [0.4, 0.5) is 0 Å². The van der Waals surface area contributed by atoms with Crippen molar-refractivity contribution in [2.75, 3.05) is 6.54 Å². The van der Waals surface area contributed by atoms with Crippen molar-refractivity contribution < 1.29 is 14.3 Å². The molecule has 1 amide bonds. The molecule has 0 aromatic heterocycles. The molecule has 4 heteroatoms. The van der Waals surface area contributed by atoms with Gasteiger partial charge in [0.1, 0.15) is 11.5 Å². The highest BCUT2D eigenvalue weighted by Gasteiger charge is 2.17. The van der Waals surface area contributed by atoms with Crippen molar-refractivity contribution in [1.82, 2.24) is 5.32 Å². The standard InChI is InChI=1S/C22H29NO3/c1-4-21(26-19-12-6-5-7-13-19)22(24)23-15-9-11-18-10-8-14-20(16-18)25-17(2)3/h5-8,10,12-14,16-17,21H,4,9,11,15H2,1-3H3,(H,23,24)/t21-/m0/s1. The Morgan fingerprint density at radius 3 is 2.42 bits per heavy atom. The molecule has 1 N–H and O–H groups in total. The maximum atomic E-state index is 12.3. The monoisotopic (exact) mass is 355 g/mol. The zero-order valence-corrected chi connectivity index (χ0v) is 15.9. The second-order valence-electron chi connectivity index (χ2n) is 6.54. The summed E-state index contributed by atoms with van der Waals surface area (Å²) in [5.41, 5.74) is 1.21. The Hall–Kier alpha value is -2.49. The second kappa shape index (κ2) is 10.5. The molecular formula is C22H29NO3. The van der Waals surface area contributed by atoms with E-state index < -0.39 is 6.10 Å². The third kappa shape index (κ3) is 6.79. The zero-order chi connectivity index (χ0) is 18.8. The molecule has 0 heterocycles. The van der Waals surface area contributed by atoms with E-state index in [0.29, 0.717) is 13.0 Å². The van der Waals surface area contributed by atoms with Crippen LogP contribution in [-0.2, 0) is 11.2 Å². The lowest BCUT2D eigenvalue weighted by atomic mass is 10.1. The van der Waals surface area contributed by atoms with Gasteiger partial charge in [-0.2, -0.15) is 0 Å². The van der Waals surface area contributed by atoms with Gasteiger partial charge in [0.2, 0.25) is 0 Å². The molecule has 4 nitrogen and oxygen atoms in total. The number of carbonyl (C=O) groups excluding carboxylic acids is 1. The first-order valence-corrected chi connectivity index (χ1v) is 9.33. The highest BCUT2D eigenvalue weighted by atomic mass is 16.5. The third-order valence-electron chi connectivity index (χ3n) is 3.90. The number of nitrogens with one attached hydrogen (secondary N) is 1. The number of hydrogen-bond donors (Lipinski definition) is 1. The summed E-state index contributed by atoms with van der Waals surface area (Å²) in [7, 11) is 0. The number of amides is 1. The van der Waals surface area contributed by atoms with E-state index in [9.17, 15) is 4.79 Å². The quantitative estimate of drug-likeness (QED) is 0.643. The number of rotatable bonds is 10. The largest absolute Gasteiger partial charge is 0.491 e. The summed E-state index contributed by atoms with van der Waals surface area (Å²) in [4.78, 5) is 12.3. The first kappa shape index (κ1) is 19.8. The molecule has 0 unspecified atom stereocenters. The zero-order valence-electron chi connectivity index (χ0n) is 15.9. The molecule has 0 aliphatic heterocycles. The molecule has 0 bridgehead atoms. The van der Waals surface area contributed by atoms with Gasteiger partial charge in [0.25, 0.3) is 5.91 Å². The van der Waals surface area contributed by atoms with Crippen LogP contribution in [0.15, 0.2) is 54.6 Å². The van der Waals surface area contributed by atoms with Crippen molar-refractivity contribution in [2.45, 2.75) is 52.2 Å². The van der Waals surface area contributed by atoms with Crippen molar-refractivity contribution in [2.24, 2.45) is 0 Å². The van der Waals surface area contributed by atoms with E-state index in [2.05, 4.69) is 17.4 Å². The molecule has 0 aliphatic carbocycles. The van der Waals surface area contributed by atoms with E-state index in [4.69, 9.17) is 9.47 Å². The van der Waals surface area contributed by atoms with E-state index in [1.165, 1.54) is 5.56 Å². The molecule has 2 aromatic carbocycles. The average Bonchev–Trinajstić information content (AvgIpc) is 2.63. The van der Waals surface area contributed by atoms with E-state index in [1.54, 1.807) is 0 Å². The average molecular weight is 355 g/mol. The van der Waals surface area contributed by atoms with E-state index >= 15 is 0 Å². The van der Waals surface area contributed by atoms with Crippen molar-refractivity contribution in [3.8, 4) is 11.5 Å². The number of para-hydroxylation sites is 1. The molecule has 2 rings (SSSR count). The fourth-order valence-electron chi connectivity index (χ4n) is 2.65. The van der Waals surface area contributed by atoms with Crippen LogP contribution in [0.5, 0.6) is 11.5 Å². The van der Waals surface area contributed by atoms with Crippen molar-refractivity contribution in [3.05, 3.63) is 60.2 Å². The molecule has 0 fully saturated rings. The minimum Gasteiger partial charge on any atom is -0.491 e. The van der Waals surface area contributed by atoms with Crippen LogP contribution >= 0.6 is 0 Å². The van der Waals surface area contributed by atoms with Gasteiger partial charge in [0.15, 0.2) is 6.10 Å². The van der Waals surface area contributed by atoms with Crippen molar-refractivity contribution in [3.63, 3.8) is 0 Å². The van der Waals surface area contributed by atoms with Crippen LogP contribution < -0.4 is 14.8 Å². The highest BCUT2D eigenvalue weighted by Crippen LogP contribution is 2.16. The fourth-order valence-corrected chi connectivity index (χ4v) is 2.65. The molecule has 1 atom stereocenters. The van der Waals surface area contributed by atoms with Gasteiger partial charge < -0.3 is 14.8 Å². The Kier molecular flexibility index (Phi) is 8.00. The summed E-state index contributed by atoms with van der Waals surface area (Å²) in [6.07, 6.45) is 2.11. The minimum absolute atomic E-state index is 0.0618. The molecule has 0 spiro atoms. The van der Waals surface area contributed by atoms with Crippen molar-refractivity contribution >= 4 is 5.91 Å². The van der Waals surface area contributed by atoms with Crippen LogP contribution in [0, 0.1) is 0 Å². The van der Waals surface area contributed by atoms with Crippen LogP contribution in [0.2, 0.25) is 0 Å². The summed E-state index contributed by atoms with van der Waals surface area (Å²) < 4.78 is 11.5. The Bertz CT molecular complexity index is 670. The number of ether oxygens (including phenoxy) is 2. The lowest BCUT2D eigenvalue weighted by molar-refractivity contribution is -0.128. The Morgan fingerprint density at radius 2 is 1.73 bits per heavy atom. The predicted octanol–water partition coefficient (Wildman–Crippen LogP) is 4.38. The molecular weight excluding hydrogens is 326 g/mol. The van der Waals surface area contributed by atoms with Crippen LogP contribution in [-0.4, -0.2) is 24.7 Å². The lowest BCUT2D eigenvalue weighted by Crippen LogP contribution is -2.38. The SMILES string of the molecule is CC[C@H](Oc1ccccc1)C(=O)NCCCc1cccc(OC(C)C)c1. The molecule has 26 heavy (non-hydrogen) atoms. The minimum atomic E-state index is -0.458. The molecule has 0 saturated heterocycles. The summed E-state index contributed by atoms with van der Waals surface area (Å²) in [6.45, 7) is 6.61. The van der Waals surface area contributed by atoms with Gasteiger partial charge in [-0.1, -0.05) is 37.3 Å². The molecule has 0 radical (unpaired) electrons. The van der Waals surface area contributed by atoms with Crippen LogP contribution in [0.1, 0.15) is 39.2 Å². The van der Waals surface area contributed by atoms with E-state index in [-0.39, 0.29) is 12.0 Å². The van der Waals surface area contributed by atoms with Gasteiger partial charge in [-0.05, 0) is 62.9 Å². The summed E-state index contributed by atoms with van der Waals surface area (Å²) >= 11 is 0. The van der Waals surface area contributed by atoms with Gasteiger partial charge in [0.05, 0.1) is 6.10 Å². The van der Waals surface area contributed by atoms with Crippen LogP contribution in [0.25, 0.3) is 0 Å². The molecule has 0 saturated carbocycles. The van der Waals surface area contributed by atoms with Gasteiger partial charge in [-0.15, -0.1) is 0 Å². The topological polar surface area (TPSA) is 47.6 Å². The fraction of sp³-hybridized carbons (Fsp3) is 0.409. The molecule has 2 aromatic rings. The summed E-state index contributed by atoms with van der Waals surface area (Å²) in [5.74, 6) is 1.55. The van der Waals surface area contributed by atoms with Gasteiger partial charge in [-0.3, -0.25) is 4.79 Å². The first-order chi connectivity index (χ1) is 12.6. The first-order valence-electron chi connectivity index (χ1n) is 9.33. The smallest absolute Gasteiger partial charge is 0.261 e. The third-order valence-corrected chi connectivity index (χ3v) is 3.90. The van der Waals surface area contributed by atoms with Gasteiger partial charge in [0, 0.05) is 6.54 Å². The summed E-state index contributed by atoms with van der Waals surface area (Å²) in [5, 5.41) is 2.98. The molecule has 140 valence electrons. The Labute approximate surface area is 156 Å². The maximum absolute atomic E-state index is 12.3. The van der Waals surface area contributed by atoms with Gasteiger partial charge >= 0.3 is 0 Å². The summed E-state index contributed by atoms with van der Waals surface area (Å²) in [6, 6.07) is 17.6. The van der Waals surface area contributed by atoms with E-state index in [0.717, 1.165) is 24.3 Å². The molecule has 0 aliphatic rings.